The number of hydrogen-bond donors (Lipinski definition) is 1. The van der Waals surface area contributed by atoms with Crippen LogP contribution in [-0.4, -0.2) is 40.6 Å². The van der Waals surface area contributed by atoms with E-state index in [4.69, 9.17) is 9.57 Å². The third kappa shape index (κ3) is 6.11. The van der Waals surface area contributed by atoms with Crippen molar-refractivity contribution in [2.75, 3.05) is 0 Å². The molecule has 0 bridgehead atoms. The van der Waals surface area contributed by atoms with Gasteiger partial charge in [0.2, 0.25) is 0 Å². The Hall–Kier alpha value is -2.12. The first-order chi connectivity index (χ1) is 10.1. The van der Waals surface area contributed by atoms with E-state index in [9.17, 15) is 19.2 Å². The van der Waals surface area contributed by atoms with Crippen LogP contribution in [0.25, 0.3) is 0 Å². The van der Waals surface area contributed by atoms with Crippen molar-refractivity contribution in [3.8, 4) is 0 Å². The third-order valence-corrected chi connectivity index (χ3v) is 2.74. The molecule has 22 heavy (non-hydrogen) atoms. The topological polar surface area (TPSA) is 102 Å². The molecule has 0 saturated carbocycles. The molecule has 0 aromatic heterocycles. The van der Waals surface area contributed by atoms with Gasteiger partial charge in [0.1, 0.15) is 5.60 Å². The Morgan fingerprint density at radius 3 is 2.27 bits per heavy atom. The summed E-state index contributed by atoms with van der Waals surface area (Å²) in [6.45, 7) is 6.96. The first-order valence-corrected chi connectivity index (χ1v) is 7.14. The van der Waals surface area contributed by atoms with Crippen LogP contribution in [0, 0.1) is 0 Å². The monoisotopic (exact) mass is 314 g/mol. The fourth-order valence-electron chi connectivity index (χ4n) is 1.72. The summed E-state index contributed by atoms with van der Waals surface area (Å²) in [6.07, 6.45) is -0.188. The highest BCUT2D eigenvalue weighted by atomic mass is 16.7. The quantitative estimate of drug-likeness (QED) is 0.767. The number of hydrogen-bond acceptors (Lipinski definition) is 6. The van der Waals surface area contributed by atoms with Crippen LogP contribution in [0.15, 0.2) is 0 Å². The lowest BCUT2D eigenvalue weighted by molar-refractivity contribution is -0.197. The Kier molecular flexibility index (Phi) is 5.90. The van der Waals surface area contributed by atoms with E-state index in [1.807, 2.05) is 0 Å². The average molecular weight is 314 g/mol. The molecule has 1 unspecified atom stereocenters. The summed E-state index contributed by atoms with van der Waals surface area (Å²) >= 11 is 0. The normalized spacial score (nSPS) is 16.5. The van der Waals surface area contributed by atoms with E-state index >= 15 is 0 Å². The smallest absolute Gasteiger partial charge is 0.407 e. The van der Waals surface area contributed by atoms with Crippen molar-refractivity contribution in [1.82, 2.24) is 10.4 Å². The highest BCUT2D eigenvalue weighted by molar-refractivity contribution is 6.01. The molecule has 1 heterocycles. The van der Waals surface area contributed by atoms with Gasteiger partial charge in [0.25, 0.3) is 11.8 Å². The van der Waals surface area contributed by atoms with E-state index in [0.717, 1.165) is 0 Å². The first-order valence-electron chi connectivity index (χ1n) is 7.14. The zero-order valence-corrected chi connectivity index (χ0v) is 13.3. The molecule has 8 nitrogen and oxygen atoms in total. The lowest BCUT2D eigenvalue weighted by atomic mass is 10.2. The fraction of sp³-hybridized carbons (Fsp3) is 0.714. The van der Waals surface area contributed by atoms with Crippen LogP contribution in [-0.2, 0) is 24.0 Å². The third-order valence-electron chi connectivity index (χ3n) is 2.74. The maximum atomic E-state index is 11.6. The molecule has 1 fully saturated rings. The van der Waals surface area contributed by atoms with Crippen LogP contribution in [0.3, 0.4) is 0 Å². The number of nitrogens with zero attached hydrogens (tertiary/aromatic N) is 1. The van der Waals surface area contributed by atoms with Gasteiger partial charge in [-0.2, -0.15) is 0 Å². The van der Waals surface area contributed by atoms with Gasteiger partial charge in [-0.25, -0.2) is 9.59 Å². The van der Waals surface area contributed by atoms with E-state index in [0.29, 0.717) is 11.5 Å². The Bertz CT molecular complexity index is 452. The minimum Gasteiger partial charge on any atom is -0.444 e. The zero-order chi connectivity index (χ0) is 16.9. The number of imide groups is 1. The molecule has 0 radical (unpaired) electrons. The number of ether oxygens (including phenoxy) is 1. The molecule has 0 aromatic rings. The molecule has 1 aliphatic rings. The summed E-state index contributed by atoms with van der Waals surface area (Å²) in [5.74, 6) is -1.72. The number of hydroxylamine groups is 2. The van der Waals surface area contributed by atoms with Crippen molar-refractivity contribution >= 4 is 23.9 Å². The molecule has 8 heteroatoms. The molecule has 0 aromatic carbocycles. The maximum absolute atomic E-state index is 11.6. The molecular weight excluding hydrogens is 292 g/mol. The van der Waals surface area contributed by atoms with Crippen molar-refractivity contribution in [2.24, 2.45) is 0 Å². The lowest BCUT2D eigenvalue weighted by Crippen LogP contribution is -2.38. The standard InChI is InChI=1S/C14H22N2O6/c1-9(15-13(20)21-14(2,3)4)5-8-12(19)22-16-10(17)6-7-11(16)18/h9H,5-8H2,1-4H3,(H,15,20). The molecule has 3 amide bonds. The summed E-state index contributed by atoms with van der Waals surface area (Å²) < 4.78 is 5.09. The second kappa shape index (κ2) is 7.24. The SMILES string of the molecule is CC(CCC(=O)ON1C(=O)CCC1=O)NC(=O)OC(C)(C)C. The van der Waals surface area contributed by atoms with Gasteiger partial charge in [-0.05, 0) is 34.1 Å². The molecule has 0 aliphatic carbocycles. The summed E-state index contributed by atoms with van der Waals surface area (Å²) in [7, 11) is 0. The van der Waals surface area contributed by atoms with Crippen LogP contribution in [0.2, 0.25) is 0 Å². The van der Waals surface area contributed by atoms with E-state index in [2.05, 4.69) is 5.32 Å². The van der Waals surface area contributed by atoms with E-state index < -0.39 is 29.5 Å². The van der Waals surface area contributed by atoms with Crippen molar-refractivity contribution in [3.05, 3.63) is 0 Å². The first kappa shape index (κ1) is 17.9. The van der Waals surface area contributed by atoms with Crippen molar-refractivity contribution in [3.63, 3.8) is 0 Å². The van der Waals surface area contributed by atoms with Gasteiger partial charge in [0, 0.05) is 25.3 Å². The van der Waals surface area contributed by atoms with Gasteiger partial charge in [-0.1, -0.05) is 0 Å². The van der Waals surface area contributed by atoms with Crippen LogP contribution in [0.5, 0.6) is 0 Å². The van der Waals surface area contributed by atoms with Crippen LogP contribution >= 0.6 is 0 Å². The van der Waals surface area contributed by atoms with E-state index in [1.165, 1.54) is 0 Å². The van der Waals surface area contributed by atoms with E-state index in [1.54, 1.807) is 27.7 Å². The molecule has 124 valence electrons. The van der Waals surface area contributed by atoms with Crippen LogP contribution in [0.4, 0.5) is 4.79 Å². The Labute approximate surface area is 129 Å². The molecule has 1 rings (SSSR count). The van der Waals surface area contributed by atoms with Gasteiger partial charge in [0.15, 0.2) is 0 Å². The largest absolute Gasteiger partial charge is 0.444 e. The summed E-state index contributed by atoms with van der Waals surface area (Å²) in [5.41, 5.74) is -0.598. The number of amides is 3. The van der Waals surface area contributed by atoms with Gasteiger partial charge in [-0.3, -0.25) is 9.59 Å². The number of nitrogens with one attached hydrogen (secondary N) is 1. The molecule has 1 aliphatic heterocycles. The predicted molar refractivity (Wildman–Crippen MR) is 75.2 cm³/mol. The molecule has 1 saturated heterocycles. The lowest BCUT2D eigenvalue weighted by Gasteiger charge is -2.22. The summed E-state index contributed by atoms with van der Waals surface area (Å²) in [4.78, 5) is 50.4. The van der Waals surface area contributed by atoms with Gasteiger partial charge < -0.3 is 14.9 Å². The summed E-state index contributed by atoms with van der Waals surface area (Å²) in [5, 5.41) is 3.09. The van der Waals surface area contributed by atoms with Crippen LogP contribution < -0.4 is 5.32 Å². The van der Waals surface area contributed by atoms with Gasteiger partial charge in [-0.15, -0.1) is 5.06 Å². The Morgan fingerprint density at radius 1 is 1.23 bits per heavy atom. The Balaban J connectivity index is 2.30. The predicted octanol–water partition coefficient (Wildman–Crippen LogP) is 1.29. The average Bonchev–Trinajstić information content (AvgIpc) is 2.65. The number of rotatable bonds is 5. The second-order valence-electron chi connectivity index (χ2n) is 6.13. The summed E-state index contributed by atoms with van der Waals surface area (Å²) in [6, 6.07) is -0.313. The number of carbonyl (C=O) groups is 4. The molecular formula is C14H22N2O6. The minimum atomic E-state index is -0.693. The van der Waals surface area contributed by atoms with Crippen molar-refractivity contribution in [1.29, 1.82) is 0 Å². The fourth-order valence-corrected chi connectivity index (χ4v) is 1.72. The molecule has 0 spiro atoms. The van der Waals surface area contributed by atoms with E-state index in [-0.39, 0.29) is 25.3 Å². The van der Waals surface area contributed by atoms with Crippen molar-refractivity contribution in [2.45, 2.75) is 65.0 Å². The highest BCUT2D eigenvalue weighted by Crippen LogP contribution is 2.13. The maximum Gasteiger partial charge on any atom is 0.407 e. The Morgan fingerprint density at radius 2 is 1.77 bits per heavy atom. The molecule has 1 atom stereocenters. The van der Waals surface area contributed by atoms with Gasteiger partial charge >= 0.3 is 12.1 Å². The number of carbonyl (C=O) groups excluding carboxylic acids is 4. The molecule has 1 N–H and O–H groups in total. The van der Waals surface area contributed by atoms with Crippen molar-refractivity contribution < 1.29 is 28.8 Å². The highest BCUT2D eigenvalue weighted by Gasteiger charge is 2.32. The minimum absolute atomic E-state index is 0.0337. The zero-order valence-electron chi connectivity index (χ0n) is 13.3. The second-order valence-corrected chi connectivity index (χ2v) is 6.13. The van der Waals surface area contributed by atoms with Crippen LogP contribution in [0.1, 0.15) is 53.4 Å². The van der Waals surface area contributed by atoms with Gasteiger partial charge in [0.05, 0.1) is 0 Å². The number of alkyl carbamates (subject to hydrolysis) is 1.